The summed E-state index contributed by atoms with van der Waals surface area (Å²) in [4.78, 5) is 3.28. The predicted molar refractivity (Wildman–Crippen MR) is 75.7 cm³/mol. The van der Waals surface area contributed by atoms with Crippen LogP contribution in [0.3, 0.4) is 0 Å². The van der Waals surface area contributed by atoms with E-state index in [-0.39, 0.29) is 0 Å². The van der Waals surface area contributed by atoms with Crippen molar-refractivity contribution in [1.29, 1.82) is 5.26 Å². The van der Waals surface area contributed by atoms with Gasteiger partial charge in [-0.05, 0) is 31.2 Å². The lowest BCUT2D eigenvalue weighted by molar-refractivity contribution is 0.662. The number of nitriles is 1. The molecule has 0 radical (unpaired) electrons. The summed E-state index contributed by atoms with van der Waals surface area (Å²) in [5.74, 6) is 0.991. The average molecular weight is 248 g/mol. The zero-order valence-corrected chi connectivity index (χ0v) is 11.8. The van der Waals surface area contributed by atoms with Gasteiger partial charge < -0.3 is 4.90 Å². The van der Waals surface area contributed by atoms with Crippen LogP contribution in [0, 0.1) is 11.3 Å². The minimum Gasteiger partial charge on any atom is -0.371 e. The number of hydrogen-bond acceptors (Lipinski definition) is 3. The number of benzene rings is 1. The second-order valence-electron chi connectivity index (χ2n) is 4.06. The van der Waals surface area contributed by atoms with Crippen LogP contribution in [0.15, 0.2) is 23.1 Å². The van der Waals surface area contributed by atoms with Gasteiger partial charge in [-0.25, -0.2) is 0 Å². The van der Waals surface area contributed by atoms with Gasteiger partial charge in [0.1, 0.15) is 6.07 Å². The molecule has 17 heavy (non-hydrogen) atoms. The van der Waals surface area contributed by atoms with Crippen LogP contribution in [-0.4, -0.2) is 18.8 Å². The first kappa shape index (κ1) is 13.9. The van der Waals surface area contributed by atoms with E-state index in [9.17, 15) is 5.26 Å². The van der Waals surface area contributed by atoms with E-state index in [2.05, 4.69) is 38.8 Å². The van der Waals surface area contributed by atoms with Crippen LogP contribution >= 0.6 is 11.8 Å². The second kappa shape index (κ2) is 6.56. The molecule has 0 saturated heterocycles. The van der Waals surface area contributed by atoms with E-state index in [1.54, 1.807) is 11.8 Å². The fourth-order valence-corrected chi connectivity index (χ4v) is 2.49. The third-order valence-corrected chi connectivity index (χ3v) is 3.99. The monoisotopic (exact) mass is 248 g/mol. The van der Waals surface area contributed by atoms with Crippen molar-refractivity contribution in [2.45, 2.75) is 38.1 Å². The van der Waals surface area contributed by atoms with Crippen molar-refractivity contribution in [3.63, 3.8) is 0 Å². The molecule has 1 rings (SSSR count). The normalized spacial score (nSPS) is 11.9. The van der Waals surface area contributed by atoms with Crippen LogP contribution in [0.25, 0.3) is 0 Å². The Kier molecular flexibility index (Phi) is 5.37. The molecule has 0 aliphatic rings. The summed E-state index contributed by atoms with van der Waals surface area (Å²) in [5.41, 5.74) is 1.85. The third kappa shape index (κ3) is 3.17. The minimum absolute atomic E-state index is 0.448. The molecule has 0 saturated carbocycles. The van der Waals surface area contributed by atoms with Gasteiger partial charge in [0.25, 0.3) is 0 Å². The maximum atomic E-state index is 9.34. The molecule has 0 spiro atoms. The van der Waals surface area contributed by atoms with Gasteiger partial charge in [0.05, 0.1) is 11.3 Å². The number of hydrogen-bond donors (Lipinski definition) is 0. The van der Waals surface area contributed by atoms with Crippen LogP contribution in [0.1, 0.15) is 32.8 Å². The molecule has 0 heterocycles. The Morgan fingerprint density at radius 2 is 2.12 bits per heavy atom. The van der Waals surface area contributed by atoms with Crippen LogP contribution < -0.4 is 4.90 Å². The van der Waals surface area contributed by atoms with Gasteiger partial charge >= 0.3 is 0 Å². The maximum Gasteiger partial charge on any atom is 0.103 e. The minimum atomic E-state index is 0.448. The molecule has 0 bridgehead atoms. The Bertz CT molecular complexity index is 409. The lowest BCUT2D eigenvalue weighted by Gasteiger charge is -2.27. The molecule has 0 aromatic heterocycles. The van der Waals surface area contributed by atoms with Crippen molar-refractivity contribution in [2.24, 2.45) is 0 Å². The molecular weight excluding hydrogens is 228 g/mol. The highest BCUT2D eigenvalue weighted by Gasteiger charge is 2.14. The van der Waals surface area contributed by atoms with Crippen molar-refractivity contribution in [3.8, 4) is 6.07 Å². The van der Waals surface area contributed by atoms with Crippen LogP contribution in [-0.2, 0) is 0 Å². The van der Waals surface area contributed by atoms with Gasteiger partial charge in [-0.3, -0.25) is 0 Å². The number of anilines is 1. The lowest BCUT2D eigenvalue weighted by atomic mass is 10.1. The summed E-state index contributed by atoms with van der Waals surface area (Å²) in [6, 6.07) is 8.89. The van der Waals surface area contributed by atoms with E-state index < -0.39 is 0 Å². The Balaban J connectivity index is 3.16. The molecule has 1 aromatic carbocycles. The zero-order valence-electron chi connectivity index (χ0n) is 11.0. The van der Waals surface area contributed by atoms with Crippen molar-refractivity contribution in [1.82, 2.24) is 0 Å². The Labute approximate surface area is 109 Å². The van der Waals surface area contributed by atoms with Gasteiger partial charge in [-0.15, -0.1) is 11.8 Å². The van der Waals surface area contributed by atoms with Crippen LogP contribution in [0.2, 0.25) is 0 Å². The molecule has 0 fully saturated rings. The zero-order chi connectivity index (χ0) is 12.8. The molecular formula is C14H20N2S. The van der Waals surface area contributed by atoms with E-state index in [0.717, 1.165) is 28.3 Å². The molecule has 0 aliphatic carbocycles. The Hall–Kier alpha value is -1.14. The lowest BCUT2D eigenvalue weighted by Crippen LogP contribution is -2.28. The van der Waals surface area contributed by atoms with E-state index in [1.165, 1.54) is 0 Å². The molecule has 1 aromatic rings. The average Bonchev–Trinajstić information content (AvgIpc) is 2.37. The smallest absolute Gasteiger partial charge is 0.103 e. The molecule has 92 valence electrons. The largest absolute Gasteiger partial charge is 0.371 e. The van der Waals surface area contributed by atoms with Gasteiger partial charge in [-0.2, -0.15) is 5.26 Å². The summed E-state index contributed by atoms with van der Waals surface area (Å²) < 4.78 is 0. The summed E-state index contributed by atoms with van der Waals surface area (Å²) in [7, 11) is 2.06. The first-order valence-electron chi connectivity index (χ1n) is 6.04. The Morgan fingerprint density at radius 3 is 2.65 bits per heavy atom. The fourth-order valence-electron chi connectivity index (χ4n) is 1.71. The Morgan fingerprint density at radius 1 is 1.41 bits per heavy atom. The predicted octanol–water partition coefficient (Wildman–Crippen LogP) is 3.90. The molecule has 1 atom stereocenters. The SMILES string of the molecule is CCSc1cccc(N(C)C(C)CC)c1C#N. The highest BCUT2D eigenvalue weighted by molar-refractivity contribution is 7.99. The fraction of sp³-hybridized carbons (Fsp3) is 0.500. The number of rotatable bonds is 5. The number of nitrogens with zero attached hydrogens (tertiary/aromatic N) is 2. The van der Waals surface area contributed by atoms with Crippen LogP contribution in [0.5, 0.6) is 0 Å². The first-order chi connectivity index (χ1) is 8.15. The molecule has 3 heteroatoms. The topological polar surface area (TPSA) is 27.0 Å². The highest BCUT2D eigenvalue weighted by Crippen LogP contribution is 2.30. The van der Waals surface area contributed by atoms with E-state index in [4.69, 9.17) is 0 Å². The molecule has 2 nitrogen and oxygen atoms in total. The molecule has 0 amide bonds. The van der Waals surface area contributed by atoms with Crippen molar-refractivity contribution in [3.05, 3.63) is 23.8 Å². The molecule has 0 N–H and O–H groups in total. The van der Waals surface area contributed by atoms with Gasteiger partial charge in [0.15, 0.2) is 0 Å². The van der Waals surface area contributed by atoms with Crippen molar-refractivity contribution < 1.29 is 0 Å². The summed E-state index contributed by atoms with van der Waals surface area (Å²) >= 11 is 1.73. The summed E-state index contributed by atoms with van der Waals surface area (Å²) in [6.07, 6.45) is 1.08. The standard InChI is InChI=1S/C14H20N2S/c1-5-11(3)16(4)13-8-7-9-14(17-6-2)12(13)10-15/h7-9,11H,5-6H2,1-4H3. The molecule has 1 unspecified atom stereocenters. The van der Waals surface area contributed by atoms with E-state index >= 15 is 0 Å². The summed E-state index contributed by atoms with van der Waals surface area (Å²) in [6.45, 7) is 6.45. The molecule has 0 aliphatic heterocycles. The highest BCUT2D eigenvalue weighted by atomic mass is 32.2. The summed E-state index contributed by atoms with van der Waals surface area (Å²) in [5, 5.41) is 9.34. The van der Waals surface area contributed by atoms with Crippen molar-refractivity contribution in [2.75, 3.05) is 17.7 Å². The van der Waals surface area contributed by atoms with Gasteiger partial charge in [-0.1, -0.05) is 19.9 Å². The third-order valence-electron chi connectivity index (χ3n) is 3.05. The van der Waals surface area contributed by atoms with Crippen LogP contribution in [0.4, 0.5) is 5.69 Å². The second-order valence-corrected chi connectivity index (χ2v) is 5.37. The number of thioether (sulfide) groups is 1. The van der Waals surface area contributed by atoms with E-state index in [0.29, 0.717) is 6.04 Å². The van der Waals surface area contributed by atoms with Gasteiger partial charge in [0.2, 0.25) is 0 Å². The van der Waals surface area contributed by atoms with E-state index in [1.807, 2.05) is 18.2 Å². The van der Waals surface area contributed by atoms with Gasteiger partial charge in [0, 0.05) is 18.0 Å². The maximum absolute atomic E-state index is 9.34. The quantitative estimate of drug-likeness (QED) is 0.739. The van der Waals surface area contributed by atoms with Crippen molar-refractivity contribution >= 4 is 17.4 Å². The first-order valence-corrected chi connectivity index (χ1v) is 7.02.